The Hall–Kier alpha value is -4.66. The van der Waals surface area contributed by atoms with Gasteiger partial charge in [0.05, 0.1) is 31.2 Å². The number of Topliss-reactive ketones (excluding diaryl/α,β-unsaturated/α-hetero) is 2. The summed E-state index contributed by atoms with van der Waals surface area (Å²) in [6, 6.07) is 18.1. The Kier molecular flexibility index (Phi) is 12.3. The Morgan fingerprint density at radius 2 is 1.74 bits per heavy atom. The highest BCUT2D eigenvalue weighted by atomic mass is 16.5. The predicted octanol–water partition coefficient (Wildman–Crippen LogP) is 6.29. The van der Waals surface area contributed by atoms with E-state index in [0.717, 1.165) is 66.1 Å². The fraction of sp³-hybridized carbons (Fsp3) is 0.538. The SMILES string of the molecule is COc1cc2c(cc1O)C(CC(O)C(O)CC(C1=CCNC(N)=C1)c1ccc3ccccc3c1)C#CC1(CCC(C3CCC4C(CNC5CC(=O)CCC54)C3)CC1O)C(=O)CC2. The molecule has 12 atom stereocenters. The van der Waals surface area contributed by atoms with Crippen LogP contribution in [0.25, 0.3) is 10.8 Å². The molecule has 10 heteroatoms. The van der Waals surface area contributed by atoms with Gasteiger partial charge in [-0.1, -0.05) is 60.4 Å². The Labute approximate surface area is 365 Å². The van der Waals surface area contributed by atoms with E-state index in [0.29, 0.717) is 91.4 Å². The number of aromatic hydroxyl groups is 1. The Bertz CT molecular complexity index is 2310. The third-order valence-electron chi connectivity index (χ3n) is 16.0. The van der Waals surface area contributed by atoms with E-state index in [1.54, 1.807) is 12.1 Å². The summed E-state index contributed by atoms with van der Waals surface area (Å²) >= 11 is 0. The number of ether oxygens (including phenoxy) is 1. The first kappa shape index (κ1) is 42.6. The number of benzene rings is 3. The molecule has 0 bridgehead atoms. The van der Waals surface area contributed by atoms with Crippen LogP contribution in [-0.4, -0.2) is 76.5 Å². The van der Waals surface area contributed by atoms with E-state index in [2.05, 4.69) is 58.9 Å². The number of aryl methyl sites for hydroxylation is 1. The number of methoxy groups -OCH3 is 1. The van der Waals surface area contributed by atoms with Crippen LogP contribution in [0.3, 0.4) is 0 Å². The van der Waals surface area contributed by atoms with Crippen LogP contribution in [-0.2, 0) is 16.0 Å². The number of piperidine rings is 1. The summed E-state index contributed by atoms with van der Waals surface area (Å²) in [7, 11) is 1.49. The zero-order valence-electron chi connectivity index (χ0n) is 35.9. The lowest BCUT2D eigenvalue weighted by atomic mass is 9.57. The quantitative estimate of drug-likeness (QED) is 0.121. The van der Waals surface area contributed by atoms with Crippen molar-refractivity contribution < 1.29 is 34.8 Å². The molecule has 9 rings (SSSR count). The first-order valence-electron chi connectivity index (χ1n) is 23.1. The topological polar surface area (TPSA) is 174 Å². The number of rotatable bonds is 9. The predicted molar refractivity (Wildman–Crippen MR) is 239 cm³/mol. The van der Waals surface area contributed by atoms with Crippen molar-refractivity contribution in [3.8, 4) is 23.3 Å². The van der Waals surface area contributed by atoms with Gasteiger partial charge in [-0.05, 0) is 152 Å². The molecule has 12 unspecified atom stereocenters. The second-order valence-corrected chi connectivity index (χ2v) is 19.4. The van der Waals surface area contributed by atoms with E-state index in [4.69, 9.17) is 10.5 Å². The molecule has 2 heterocycles. The molecule has 328 valence electrons. The zero-order chi connectivity index (χ0) is 43.1. The largest absolute Gasteiger partial charge is 0.504 e. The van der Waals surface area contributed by atoms with Crippen molar-refractivity contribution in [2.24, 2.45) is 40.7 Å². The maximum absolute atomic E-state index is 14.4. The van der Waals surface area contributed by atoms with Gasteiger partial charge < -0.3 is 41.5 Å². The van der Waals surface area contributed by atoms with Gasteiger partial charge in [0.1, 0.15) is 11.2 Å². The number of ketones is 2. The van der Waals surface area contributed by atoms with Crippen LogP contribution in [0.4, 0.5) is 0 Å². The number of hydrogen-bond donors (Lipinski definition) is 7. The molecule has 0 amide bonds. The van der Waals surface area contributed by atoms with Crippen molar-refractivity contribution in [1.29, 1.82) is 0 Å². The smallest absolute Gasteiger partial charge is 0.160 e. The van der Waals surface area contributed by atoms with E-state index < -0.39 is 29.6 Å². The number of allylic oxidation sites excluding steroid dienone is 2. The minimum atomic E-state index is -1.24. The number of phenolic OH excluding ortho intramolecular Hbond substituents is 1. The minimum absolute atomic E-state index is 0.0492. The highest BCUT2D eigenvalue weighted by Gasteiger charge is 2.51. The average Bonchev–Trinajstić information content (AvgIpc) is 3.33. The van der Waals surface area contributed by atoms with Gasteiger partial charge in [0.15, 0.2) is 17.3 Å². The number of dihydropyridines is 1. The monoisotopic (exact) mass is 841 g/mol. The number of fused-ring (bicyclic) bond motifs is 5. The molecule has 0 radical (unpaired) electrons. The second-order valence-electron chi connectivity index (χ2n) is 19.4. The molecule has 8 N–H and O–H groups in total. The van der Waals surface area contributed by atoms with Crippen LogP contribution in [0.5, 0.6) is 11.5 Å². The molecule has 62 heavy (non-hydrogen) atoms. The number of nitrogens with two attached hydrogens (primary N) is 1. The number of carbonyl (C=O) groups excluding carboxylic acids is 2. The molecule has 2 aliphatic heterocycles. The number of phenols is 1. The normalized spacial score (nSPS) is 32.5. The van der Waals surface area contributed by atoms with E-state index in [1.807, 2.05) is 18.2 Å². The summed E-state index contributed by atoms with van der Waals surface area (Å²) in [4.78, 5) is 26.6. The maximum atomic E-state index is 14.4. The number of carbonyl (C=O) groups is 2. The van der Waals surface area contributed by atoms with Crippen LogP contribution < -0.4 is 21.1 Å². The van der Waals surface area contributed by atoms with Crippen LogP contribution >= 0.6 is 0 Å². The third-order valence-corrected chi connectivity index (χ3v) is 16.0. The minimum Gasteiger partial charge on any atom is -0.504 e. The lowest BCUT2D eigenvalue weighted by Crippen LogP contribution is -2.55. The van der Waals surface area contributed by atoms with Gasteiger partial charge in [-0.25, -0.2) is 0 Å². The maximum Gasteiger partial charge on any atom is 0.160 e. The third kappa shape index (κ3) is 8.42. The van der Waals surface area contributed by atoms with Crippen molar-refractivity contribution in [3.05, 3.63) is 94.8 Å². The molecular formula is C52H63N3O7. The van der Waals surface area contributed by atoms with Gasteiger partial charge in [-0.3, -0.25) is 9.59 Å². The molecule has 3 aromatic rings. The highest BCUT2D eigenvalue weighted by Crippen LogP contribution is 2.52. The summed E-state index contributed by atoms with van der Waals surface area (Å²) in [5, 5.41) is 56.1. The summed E-state index contributed by atoms with van der Waals surface area (Å²) in [5.41, 5.74) is 8.41. The van der Waals surface area contributed by atoms with Gasteiger partial charge >= 0.3 is 0 Å². The number of nitrogens with one attached hydrogen (secondary N) is 2. The Balaban J connectivity index is 0.957. The molecule has 1 spiro atoms. The number of aliphatic hydroxyl groups excluding tert-OH is 3. The Morgan fingerprint density at radius 3 is 2.55 bits per heavy atom. The lowest BCUT2D eigenvalue weighted by Gasteiger charge is -2.51. The van der Waals surface area contributed by atoms with Crippen molar-refractivity contribution in [2.75, 3.05) is 20.2 Å². The van der Waals surface area contributed by atoms with E-state index in [9.17, 15) is 30.0 Å². The van der Waals surface area contributed by atoms with Crippen LogP contribution in [0.15, 0.2) is 78.1 Å². The van der Waals surface area contributed by atoms with Gasteiger partial charge in [-0.2, -0.15) is 0 Å². The fourth-order valence-corrected chi connectivity index (χ4v) is 12.6. The van der Waals surface area contributed by atoms with E-state index in [1.165, 1.54) is 7.11 Å². The molecule has 10 nitrogen and oxygen atoms in total. The van der Waals surface area contributed by atoms with E-state index in [-0.39, 0.29) is 42.5 Å². The summed E-state index contributed by atoms with van der Waals surface area (Å²) in [6.45, 7) is 1.51. The zero-order valence-corrected chi connectivity index (χ0v) is 35.9. The summed E-state index contributed by atoms with van der Waals surface area (Å²) in [6.07, 6.45) is 9.02. The Morgan fingerprint density at radius 1 is 0.919 bits per heavy atom. The first-order chi connectivity index (χ1) is 30.0. The van der Waals surface area contributed by atoms with Gasteiger partial charge in [-0.15, -0.1) is 0 Å². The van der Waals surface area contributed by atoms with Crippen LogP contribution in [0.1, 0.15) is 106 Å². The standard InChI is InChI=1S/C52H63N3O7/c1-62-48-23-35-9-13-49(60)52(17-14-33(24-50(52)61)32-8-11-40-38(21-32)29-55-44-26-39(56)10-12-41(40)44)18-15-36(43(35)28-47(48)59)22-45(57)46(58)27-42(37-16-19-54-51(53)25-37)34-7-6-30-4-2-3-5-31(30)20-34/h2-7,16,20,23,25,28,32-33,36,38,40-42,44-46,50,54-55,57-59,61H,8-14,17,19,21-22,24,26-27,29,53H2,1H3. The lowest BCUT2D eigenvalue weighted by molar-refractivity contribution is -0.135. The number of aliphatic hydroxyl groups is 3. The average molecular weight is 842 g/mol. The van der Waals surface area contributed by atoms with Gasteiger partial charge in [0.25, 0.3) is 0 Å². The highest BCUT2D eigenvalue weighted by molar-refractivity contribution is 5.89. The van der Waals surface area contributed by atoms with Crippen molar-refractivity contribution in [3.63, 3.8) is 0 Å². The molecule has 6 aliphatic rings. The first-order valence-corrected chi connectivity index (χ1v) is 23.1. The van der Waals surface area contributed by atoms with E-state index >= 15 is 0 Å². The fourth-order valence-electron chi connectivity index (χ4n) is 12.6. The molecule has 4 aliphatic carbocycles. The molecule has 4 fully saturated rings. The molecule has 0 aromatic heterocycles. The van der Waals surface area contributed by atoms with Crippen LogP contribution in [0, 0.1) is 46.8 Å². The van der Waals surface area contributed by atoms with Crippen molar-refractivity contribution in [1.82, 2.24) is 10.6 Å². The number of hydrogen-bond acceptors (Lipinski definition) is 10. The van der Waals surface area contributed by atoms with Gasteiger partial charge in [0, 0.05) is 43.7 Å². The van der Waals surface area contributed by atoms with Crippen molar-refractivity contribution in [2.45, 2.75) is 120 Å². The second kappa shape index (κ2) is 17.8. The molecule has 3 aromatic carbocycles. The van der Waals surface area contributed by atoms with Crippen molar-refractivity contribution >= 4 is 22.3 Å². The molecular weight excluding hydrogens is 779 g/mol. The summed E-state index contributed by atoms with van der Waals surface area (Å²) < 4.78 is 5.49. The summed E-state index contributed by atoms with van der Waals surface area (Å²) in [5.74, 6) is 9.50. The molecule has 3 saturated carbocycles. The molecule has 1 saturated heterocycles. The van der Waals surface area contributed by atoms with Gasteiger partial charge in [0.2, 0.25) is 0 Å². The van der Waals surface area contributed by atoms with Crippen LogP contribution in [0.2, 0.25) is 0 Å².